The number of ether oxygens (including phenoxy) is 3. The number of rotatable bonds is 8. The van der Waals surface area contributed by atoms with E-state index >= 15 is 0 Å². The molecule has 1 aliphatic heterocycles. The molecule has 26 heavy (non-hydrogen) atoms. The van der Waals surface area contributed by atoms with Gasteiger partial charge in [0.2, 0.25) is 5.91 Å². The number of hydrogen-bond donors (Lipinski definition) is 1. The van der Waals surface area contributed by atoms with Crippen LogP contribution < -0.4 is 14.8 Å². The first-order chi connectivity index (χ1) is 12.5. The highest BCUT2D eigenvalue weighted by atomic mass is 16.5. The number of nitrogens with one attached hydrogen (secondary N) is 1. The highest BCUT2D eigenvalue weighted by molar-refractivity contribution is 5.92. The van der Waals surface area contributed by atoms with E-state index in [0.717, 1.165) is 31.9 Å². The van der Waals surface area contributed by atoms with Gasteiger partial charge in [0.25, 0.3) is 0 Å². The lowest BCUT2D eigenvalue weighted by molar-refractivity contribution is -0.116. The Labute approximate surface area is 156 Å². The Morgan fingerprint density at radius 3 is 2.62 bits per heavy atom. The third kappa shape index (κ3) is 5.75. The van der Waals surface area contributed by atoms with Gasteiger partial charge in [-0.25, -0.2) is 0 Å². The van der Waals surface area contributed by atoms with Crippen LogP contribution in [-0.2, 0) is 9.53 Å². The zero-order valence-electron chi connectivity index (χ0n) is 16.2. The van der Waals surface area contributed by atoms with Crippen LogP contribution in [0.3, 0.4) is 0 Å². The molecular weight excluding hydrogens is 332 g/mol. The number of nitrogens with zero attached hydrogens (tertiary/aromatic N) is 1. The molecule has 0 bridgehead atoms. The van der Waals surface area contributed by atoms with Gasteiger partial charge in [-0.05, 0) is 24.1 Å². The van der Waals surface area contributed by atoms with Crippen molar-refractivity contribution in [3.63, 3.8) is 0 Å². The maximum atomic E-state index is 12.2. The number of hydrogen-bond acceptors (Lipinski definition) is 5. The van der Waals surface area contributed by atoms with Crippen LogP contribution in [0.15, 0.2) is 24.3 Å². The van der Waals surface area contributed by atoms with E-state index in [-0.39, 0.29) is 5.91 Å². The smallest absolute Gasteiger partial charge is 0.244 e. The SMILES string of the molecule is COc1ccc(/C=C/C(=O)NCC(C(C)C)N2CCOCC2)c(OC)c1. The van der Waals surface area contributed by atoms with Crippen molar-refractivity contribution in [2.75, 3.05) is 47.1 Å². The Bertz CT molecular complexity index is 610. The molecule has 1 amide bonds. The van der Waals surface area contributed by atoms with Gasteiger partial charge in [0.15, 0.2) is 0 Å². The van der Waals surface area contributed by atoms with E-state index in [2.05, 4.69) is 24.1 Å². The summed E-state index contributed by atoms with van der Waals surface area (Å²) in [6.07, 6.45) is 3.30. The van der Waals surface area contributed by atoms with Crippen LogP contribution in [0, 0.1) is 5.92 Å². The van der Waals surface area contributed by atoms with Crippen LogP contribution in [-0.4, -0.2) is 63.9 Å². The molecule has 0 spiro atoms. The van der Waals surface area contributed by atoms with E-state index < -0.39 is 0 Å². The van der Waals surface area contributed by atoms with Crippen molar-refractivity contribution in [3.05, 3.63) is 29.8 Å². The van der Waals surface area contributed by atoms with Gasteiger partial charge in [-0.1, -0.05) is 13.8 Å². The second-order valence-electron chi connectivity index (χ2n) is 6.65. The van der Waals surface area contributed by atoms with E-state index in [1.807, 2.05) is 12.1 Å². The van der Waals surface area contributed by atoms with Crippen LogP contribution in [0.5, 0.6) is 11.5 Å². The van der Waals surface area contributed by atoms with Gasteiger partial charge >= 0.3 is 0 Å². The molecule has 2 rings (SSSR count). The summed E-state index contributed by atoms with van der Waals surface area (Å²) in [4.78, 5) is 14.6. The van der Waals surface area contributed by atoms with Gasteiger partial charge in [-0.2, -0.15) is 0 Å². The minimum atomic E-state index is -0.109. The Hall–Kier alpha value is -2.05. The number of amides is 1. The maximum Gasteiger partial charge on any atom is 0.244 e. The van der Waals surface area contributed by atoms with Gasteiger partial charge in [0.1, 0.15) is 11.5 Å². The number of benzene rings is 1. The van der Waals surface area contributed by atoms with E-state index in [1.54, 1.807) is 32.4 Å². The number of carbonyl (C=O) groups excluding carboxylic acids is 1. The van der Waals surface area contributed by atoms with Crippen LogP contribution in [0.25, 0.3) is 6.08 Å². The van der Waals surface area contributed by atoms with Crippen molar-refractivity contribution in [2.24, 2.45) is 5.92 Å². The van der Waals surface area contributed by atoms with Crippen molar-refractivity contribution < 1.29 is 19.0 Å². The summed E-state index contributed by atoms with van der Waals surface area (Å²) in [5.41, 5.74) is 0.831. The molecule has 1 saturated heterocycles. The molecule has 1 atom stereocenters. The zero-order valence-corrected chi connectivity index (χ0v) is 16.2. The quantitative estimate of drug-likeness (QED) is 0.719. The summed E-state index contributed by atoms with van der Waals surface area (Å²) < 4.78 is 16.0. The molecule has 6 nitrogen and oxygen atoms in total. The fourth-order valence-corrected chi connectivity index (χ4v) is 3.08. The highest BCUT2D eigenvalue weighted by Crippen LogP contribution is 2.25. The summed E-state index contributed by atoms with van der Waals surface area (Å²) >= 11 is 0. The normalized spacial score (nSPS) is 16.7. The molecule has 144 valence electrons. The number of methoxy groups -OCH3 is 2. The van der Waals surface area contributed by atoms with E-state index in [4.69, 9.17) is 14.2 Å². The van der Waals surface area contributed by atoms with Gasteiger partial charge < -0.3 is 19.5 Å². The molecule has 1 fully saturated rings. The number of carbonyl (C=O) groups is 1. The molecule has 0 radical (unpaired) electrons. The molecule has 1 aromatic carbocycles. The lowest BCUT2D eigenvalue weighted by Gasteiger charge is -2.36. The third-order valence-electron chi connectivity index (χ3n) is 4.62. The number of morpholine rings is 1. The topological polar surface area (TPSA) is 60.0 Å². The van der Waals surface area contributed by atoms with E-state index in [1.165, 1.54) is 0 Å². The van der Waals surface area contributed by atoms with E-state index in [9.17, 15) is 4.79 Å². The Morgan fingerprint density at radius 1 is 1.27 bits per heavy atom. The second-order valence-corrected chi connectivity index (χ2v) is 6.65. The van der Waals surface area contributed by atoms with Crippen molar-refractivity contribution in [2.45, 2.75) is 19.9 Å². The molecule has 1 heterocycles. The standard InChI is InChI=1S/C20H30N2O4/c1-15(2)18(22-9-11-26-12-10-22)14-21-20(23)8-6-16-5-7-17(24-3)13-19(16)25-4/h5-8,13,15,18H,9-12,14H2,1-4H3,(H,21,23)/b8-6+. The summed E-state index contributed by atoms with van der Waals surface area (Å²) in [6, 6.07) is 5.82. The Kier molecular flexibility index (Phi) is 7.94. The molecule has 0 aliphatic carbocycles. The predicted molar refractivity (Wildman–Crippen MR) is 103 cm³/mol. The first kappa shape index (κ1) is 20.3. The highest BCUT2D eigenvalue weighted by Gasteiger charge is 2.23. The van der Waals surface area contributed by atoms with Gasteiger partial charge in [-0.3, -0.25) is 9.69 Å². The fraction of sp³-hybridized carbons (Fsp3) is 0.550. The van der Waals surface area contributed by atoms with E-state index in [0.29, 0.717) is 30.0 Å². The predicted octanol–water partition coefficient (Wildman–Crippen LogP) is 2.19. The minimum Gasteiger partial charge on any atom is -0.497 e. The lowest BCUT2D eigenvalue weighted by Crippen LogP contribution is -2.51. The molecule has 1 aromatic rings. The Balaban J connectivity index is 1.93. The zero-order chi connectivity index (χ0) is 18.9. The molecule has 0 aromatic heterocycles. The first-order valence-corrected chi connectivity index (χ1v) is 9.05. The second kappa shape index (κ2) is 10.2. The average Bonchev–Trinajstić information content (AvgIpc) is 2.66. The molecular formula is C20H30N2O4. The summed E-state index contributed by atoms with van der Waals surface area (Å²) in [6.45, 7) is 8.34. The molecule has 1 aliphatic rings. The Morgan fingerprint density at radius 2 is 2.00 bits per heavy atom. The lowest BCUT2D eigenvalue weighted by atomic mass is 10.0. The third-order valence-corrected chi connectivity index (χ3v) is 4.62. The molecule has 1 N–H and O–H groups in total. The van der Waals surface area contributed by atoms with Gasteiger partial charge in [-0.15, -0.1) is 0 Å². The largest absolute Gasteiger partial charge is 0.497 e. The summed E-state index contributed by atoms with van der Waals surface area (Å²) in [7, 11) is 3.21. The minimum absolute atomic E-state index is 0.109. The van der Waals surface area contributed by atoms with Gasteiger partial charge in [0.05, 0.1) is 27.4 Å². The first-order valence-electron chi connectivity index (χ1n) is 9.05. The average molecular weight is 362 g/mol. The van der Waals surface area contributed by atoms with Crippen LogP contribution in [0.2, 0.25) is 0 Å². The van der Waals surface area contributed by atoms with Crippen LogP contribution >= 0.6 is 0 Å². The maximum absolute atomic E-state index is 12.2. The van der Waals surface area contributed by atoms with Crippen molar-refractivity contribution >= 4 is 12.0 Å². The van der Waals surface area contributed by atoms with Crippen LogP contribution in [0.1, 0.15) is 19.4 Å². The summed E-state index contributed by atoms with van der Waals surface area (Å²) in [5.74, 6) is 1.73. The molecule has 6 heteroatoms. The van der Waals surface area contributed by atoms with Crippen molar-refractivity contribution in [1.29, 1.82) is 0 Å². The van der Waals surface area contributed by atoms with Crippen molar-refractivity contribution in [3.8, 4) is 11.5 Å². The monoisotopic (exact) mass is 362 g/mol. The van der Waals surface area contributed by atoms with Gasteiger partial charge in [0, 0.05) is 43.4 Å². The van der Waals surface area contributed by atoms with Crippen molar-refractivity contribution in [1.82, 2.24) is 10.2 Å². The summed E-state index contributed by atoms with van der Waals surface area (Å²) in [5, 5.41) is 3.02. The fourth-order valence-electron chi connectivity index (χ4n) is 3.08. The van der Waals surface area contributed by atoms with Crippen LogP contribution in [0.4, 0.5) is 0 Å². The molecule has 1 unspecified atom stereocenters. The molecule has 0 saturated carbocycles.